The Hall–Kier alpha value is -5.52. The molecule has 0 aromatic heterocycles. The van der Waals surface area contributed by atoms with Crippen LogP contribution in [0.25, 0.3) is 0 Å². The third kappa shape index (κ3) is 6.67. The molecule has 0 bridgehead atoms. The van der Waals surface area contributed by atoms with Gasteiger partial charge in [-0.25, -0.2) is 4.90 Å². The Kier molecular flexibility index (Phi) is 8.19. The molecule has 4 rings (SSSR count). The summed E-state index contributed by atoms with van der Waals surface area (Å²) in [6.45, 7) is 0. The number of amides is 4. The summed E-state index contributed by atoms with van der Waals surface area (Å²) < 4.78 is 5.83. The van der Waals surface area contributed by atoms with Gasteiger partial charge in [-0.2, -0.15) is 0 Å². The van der Waals surface area contributed by atoms with Gasteiger partial charge in [0, 0.05) is 30.3 Å². The summed E-state index contributed by atoms with van der Waals surface area (Å²) in [5, 5.41) is 22.6. The summed E-state index contributed by atoms with van der Waals surface area (Å²) in [7, 11) is 0. The maximum absolute atomic E-state index is 13.2. The van der Waals surface area contributed by atoms with Gasteiger partial charge in [0.1, 0.15) is 11.5 Å². The fraction of sp³-hybridized carbons (Fsp3) is 0.143. The Bertz CT molecular complexity index is 1530. The van der Waals surface area contributed by atoms with Crippen LogP contribution in [0.4, 0.5) is 17.1 Å². The van der Waals surface area contributed by atoms with Crippen LogP contribution in [0.5, 0.6) is 11.5 Å². The SMILES string of the molecule is O=C(O)CCC(=O)Nc1cccc(Oc2ccc3c(c2)C(=O)N(c2cccc(NC(=O)CCC(=O)O)c2)C3=O)c1. The minimum Gasteiger partial charge on any atom is -0.481 e. The second kappa shape index (κ2) is 11.9. The van der Waals surface area contributed by atoms with Gasteiger partial charge in [-0.05, 0) is 48.5 Å². The van der Waals surface area contributed by atoms with E-state index in [-0.39, 0.29) is 48.2 Å². The average Bonchev–Trinajstić information content (AvgIpc) is 3.15. The number of nitrogens with one attached hydrogen (secondary N) is 2. The maximum atomic E-state index is 13.2. The molecular formula is C28H23N3O9. The highest BCUT2D eigenvalue weighted by atomic mass is 16.5. The van der Waals surface area contributed by atoms with E-state index in [4.69, 9.17) is 14.9 Å². The van der Waals surface area contributed by atoms with Crippen molar-refractivity contribution in [3.63, 3.8) is 0 Å². The van der Waals surface area contributed by atoms with Crippen LogP contribution in [0.2, 0.25) is 0 Å². The van der Waals surface area contributed by atoms with Crippen LogP contribution >= 0.6 is 0 Å². The van der Waals surface area contributed by atoms with Gasteiger partial charge in [0.15, 0.2) is 0 Å². The minimum atomic E-state index is -1.11. The Morgan fingerprint density at radius 3 is 1.82 bits per heavy atom. The smallest absolute Gasteiger partial charge is 0.303 e. The van der Waals surface area contributed by atoms with E-state index in [9.17, 15) is 28.8 Å². The van der Waals surface area contributed by atoms with Crippen molar-refractivity contribution in [1.82, 2.24) is 0 Å². The molecule has 0 aliphatic carbocycles. The Balaban J connectivity index is 1.47. The van der Waals surface area contributed by atoms with Crippen molar-refractivity contribution in [3.8, 4) is 11.5 Å². The normalized spacial score (nSPS) is 12.1. The number of imide groups is 1. The first-order valence-electron chi connectivity index (χ1n) is 12.0. The number of ether oxygens (including phenoxy) is 1. The molecule has 1 aliphatic heterocycles. The standard InChI is InChI=1S/C28H23N3O9/c32-23(9-11-25(34)35)29-16-3-1-5-18(13-16)31-27(38)21-8-7-20(15-22(21)28(31)39)40-19-6-2-4-17(14-19)30-24(33)10-12-26(36)37/h1-8,13-15H,9-12H2,(H,29,32)(H,30,33)(H,34,35)(H,36,37). The zero-order valence-electron chi connectivity index (χ0n) is 20.9. The molecule has 4 amide bonds. The number of carbonyl (C=O) groups excluding carboxylic acids is 4. The number of fused-ring (bicyclic) bond motifs is 1. The first kappa shape index (κ1) is 27.5. The molecule has 4 N–H and O–H groups in total. The maximum Gasteiger partial charge on any atom is 0.303 e. The number of benzene rings is 3. The molecule has 0 saturated carbocycles. The van der Waals surface area contributed by atoms with E-state index in [1.807, 2.05) is 0 Å². The largest absolute Gasteiger partial charge is 0.481 e. The van der Waals surface area contributed by atoms with Crippen molar-refractivity contribution in [2.45, 2.75) is 25.7 Å². The number of anilines is 3. The predicted octanol–water partition coefficient (Wildman–Crippen LogP) is 3.89. The molecule has 0 fully saturated rings. The second-order valence-corrected chi connectivity index (χ2v) is 8.72. The first-order valence-corrected chi connectivity index (χ1v) is 12.0. The minimum absolute atomic E-state index is 0.108. The number of aliphatic carboxylic acids is 2. The Morgan fingerprint density at radius 2 is 1.20 bits per heavy atom. The molecule has 1 heterocycles. The van der Waals surface area contributed by atoms with E-state index in [1.165, 1.54) is 36.4 Å². The van der Waals surface area contributed by atoms with Crippen LogP contribution in [-0.4, -0.2) is 45.8 Å². The fourth-order valence-electron chi connectivity index (χ4n) is 3.90. The van der Waals surface area contributed by atoms with Crippen molar-refractivity contribution in [1.29, 1.82) is 0 Å². The van der Waals surface area contributed by atoms with E-state index in [1.54, 1.807) is 30.3 Å². The van der Waals surface area contributed by atoms with Crippen molar-refractivity contribution in [2.75, 3.05) is 15.5 Å². The predicted molar refractivity (Wildman–Crippen MR) is 142 cm³/mol. The Labute approximate surface area is 227 Å². The van der Waals surface area contributed by atoms with Crippen molar-refractivity contribution in [3.05, 3.63) is 77.9 Å². The van der Waals surface area contributed by atoms with E-state index in [0.717, 1.165) is 4.90 Å². The number of hydrogen-bond acceptors (Lipinski definition) is 7. The van der Waals surface area contributed by atoms with Crippen LogP contribution in [0.15, 0.2) is 66.7 Å². The van der Waals surface area contributed by atoms with Gasteiger partial charge < -0.3 is 25.6 Å². The molecule has 3 aromatic rings. The van der Waals surface area contributed by atoms with Gasteiger partial charge in [-0.1, -0.05) is 12.1 Å². The first-order chi connectivity index (χ1) is 19.1. The number of carboxylic acids is 2. The highest BCUT2D eigenvalue weighted by Crippen LogP contribution is 2.33. The van der Waals surface area contributed by atoms with E-state index in [2.05, 4.69) is 10.6 Å². The molecule has 12 nitrogen and oxygen atoms in total. The van der Waals surface area contributed by atoms with Crippen LogP contribution in [0, 0.1) is 0 Å². The second-order valence-electron chi connectivity index (χ2n) is 8.72. The lowest BCUT2D eigenvalue weighted by Gasteiger charge is -2.15. The molecule has 12 heteroatoms. The quantitative estimate of drug-likeness (QED) is 0.260. The lowest BCUT2D eigenvalue weighted by atomic mass is 10.1. The van der Waals surface area contributed by atoms with Crippen LogP contribution in [0.3, 0.4) is 0 Å². The third-order valence-corrected chi connectivity index (χ3v) is 5.73. The third-order valence-electron chi connectivity index (χ3n) is 5.73. The van der Waals surface area contributed by atoms with Crippen LogP contribution in [-0.2, 0) is 19.2 Å². The highest BCUT2D eigenvalue weighted by molar-refractivity contribution is 6.34. The molecule has 40 heavy (non-hydrogen) atoms. The zero-order valence-corrected chi connectivity index (χ0v) is 20.9. The average molecular weight is 546 g/mol. The van der Waals surface area contributed by atoms with Gasteiger partial charge in [0.25, 0.3) is 11.8 Å². The van der Waals surface area contributed by atoms with E-state index >= 15 is 0 Å². The molecular weight excluding hydrogens is 522 g/mol. The number of nitrogens with zero attached hydrogens (tertiary/aromatic N) is 1. The Morgan fingerprint density at radius 1 is 0.650 bits per heavy atom. The summed E-state index contributed by atoms with van der Waals surface area (Å²) in [5.41, 5.74) is 1.17. The van der Waals surface area contributed by atoms with Gasteiger partial charge in [-0.3, -0.25) is 28.8 Å². The lowest BCUT2D eigenvalue weighted by Crippen LogP contribution is -2.29. The topological polar surface area (TPSA) is 179 Å². The van der Waals surface area contributed by atoms with Crippen molar-refractivity contribution < 1.29 is 43.7 Å². The van der Waals surface area contributed by atoms with Gasteiger partial charge in [0.2, 0.25) is 11.8 Å². The van der Waals surface area contributed by atoms with Crippen molar-refractivity contribution >= 4 is 52.6 Å². The van der Waals surface area contributed by atoms with Crippen LogP contribution in [0.1, 0.15) is 46.4 Å². The number of carboxylic acid groups (broad SMARTS) is 2. The summed E-state index contributed by atoms with van der Waals surface area (Å²) in [6.07, 6.45) is -1.04. The number of hydrogen-bond donors (Lipinski definition) is 4. The summed E-state index contributed by atoms with van der Waals surface area (Å²) in [6, 6.07) is 16.8. The molecule has 1 aliphatic rings. The molecule has 0 radical (unpaired) electrons. The monoisotopic (exact) mass is 545 g/mol. The van der Waals surface area contributed by atoms with Gasteiger partial charge >= 0.3 is 11.9 Å². The molecule has 0 atom stereocenters. The molecule has 204 valence electrons. The summed E-state index contributed by atoms with van der Waals surface area (Å²) >= 11 is 0. The number of carbonyl (C=O) groups is 6. The van der Waals surface area contributed by atoms with Gasteiger partial charge in [-0.15, -0.1) is 0 Å². The zero-order chi connectivity index (χ0) is 28.8. The lowest BCUT2D eigenvalue weighted by molar-refractivity contribution is -0.138. The van der Waals surface area contributed by atoms with Crippen LogP contribution < -0.4 is 20.3 Å². The van der Waals surface area contributed by atoms with E-state index < -0.39 is 35.6 Å². The molecule has 0 unspecified atom stereocenters. The summed E-state index contributed by atoms with van der Waals surface area (Å²) in [5.74, 6) is -3.75. The summed E-state index contributed by atoms with van der Waals surface area (Å²) in [4.78, 5) is 72.5. The molecule has 3 aromatic carbocycles. The number of rotatable bonds is 11. The highest BCUT2D eigenvalue weighted by Gasteiger charge is 2.37. The van der Waals surface area contributed by atoms with E-state index in [0.29, 0.717) is 17.1 Å². The fourth-order valence-corrected chi connectivity index (χ4v) is 3.90. The molecule has 0 saturated heterocycles. The van der Waals surface area contributed by atoms with Gasteiger partial charge in [0.05, 0.1) is 29.7 Å². The molecule has 0 spiro atoms. The van der Waals surface area contributed by atoms with Crippen molar-refractivity contribution in [2.24, 2.45) is 0 Å².